The number of hydrogen-bond donors (Lipinski definition) is 1. The fraction of sp³-hybridized carbons (Fsp3) is 0.500. The molecule has 0 saturated carbocycles. The second-order valence-electron chi connectivity index (χ2n) is 3.11. The van der Waals surface area contributed by atoms with Crippen molar-refractivity contribution in [3.63, 3.8) is 0 Å². The van der Waals surface area contributed by atoms with E-state index in [1.165, 1.54) is 0 Å². The van der Waals surface area contributed by atoms with E-state index in [1.54, 1.807) is 6.08 Å². The fourth-order valence-electron chi connectivity index (χ4n) is 1.40. The van der Waals surface area contributed by atoms with Crippen molar-refractivity contribution in [3.8, 4) is 0 Å². The molecule has 0 radical (unpaired) electrons. The van der Waals surface area contributed by atoms with Gasteiger partial charge in [-0.15, -0.1) is 0 Å². The molecule has 1 heterocycles. The van der Waals surface area contributed by atoms with Gasteiger partial charge < -0.3 is 9.47 Å². The van der Waals surface area contributed by atoms with Crippen LogP contribution in [0.2, 0.25) is 0 Å². The van der Waals surface area contributed by atoms with Crippen LogP contribution in [0.3, 0.4) is 0 Å². The molecule has 1 aliphatic heterocycles. The summed E-state index contributed by atoms with van der Waals surface area (Å²) in [4.78, 5) is 0. The highest BCUT2D eigenvalue weighted by atomic mass is 32.2. The van der Waals surface area contributed by atoms with Crippen molar-refractivity contribution >= 4 is 10.1 Å². The van der Waals surface area contributed by atoms with E-state index in [-0.39, 0.29) is 12.7 Å². The molecular formula is C8H10O5S. The molecule has 2 rings (SSSR count). The molecule has 6 heteroatoms. The normalized spacial score (nSPS) is 31.6. The summed E-state index contributed by atoms with van der Waals surface area (Å²) in [6.07, 6.45) is 5.58. The molecule has 2 aliphatic rings. The molecule has 0 aromatic rings. The molecule has 0 bridgehead atoms. The van der Waals surface area contributed by atoms with Crippen LogP contribution in [0.5, 0.6) is 0 Å². The third kappa shape index (κ3) is 1.82. The highest BCUT2D eigenvalue weighted by Gasteiger charge is 2.35. The van der Waals surface area contributed by atoms with Crippen molar-refractivity contribution in [1.82, 2.24) is 0 Å². The summed E-state index contributed by atoms with van der Waals surface area (Å²) in [6.45, 7) is -0.158. The number of rotatable bonds is 1. The molecule has 78 valence electrons. The Labute approximate surface area is 81.8 Å². The van der Waals surface area contributed by atoms with Crippen LogP contribution < -0.4 is 0 Å². The fourth-order valence-corrected chi connectivity index (χ4v) is 1.91. The van der Waals surface area contributed by atoms with Crippen molar-refractivity contribution < 1.29 is 22.4 Å². The van der Waals surface area contributed by atoms with E-state index in [0.29, 0.717) is 12.2 Å². The van der Waals surface area contributed by atoms with Crippen molar-refractivity contribution in [2.75, 3.05) is 6.61 Å². The van der Waals surface area contributed by atoms with Crippen LogP contribution in [0, 0.1) is 0 Å². The minimum atomic E-state index is -4.17. The summed E-state index contributed by atoms with van der Waals surface area (Å²) in [7, 11) is -4.17. The van der Waals surface area contributed by atoms with Gasteiger partial charge in [0.15, 0.2) is 0 Å². The Morgan fingerprint density at radius 1 is 1.50 bits per heavy atom. The van der Waals surface area contributed by atoms with Crippen molar-refractivity contribution in [2.45, 2.75) is 18.0 Å². The zero-order valence-corrected chi connectivity index (χ0v) is 8.11. The monoisotopic (exact) mass is 218 g/mol. The van der Waals surface area contributed by atoms with E-state index in [2.05, 4.69) is 0 Å². The van der Waals surface area contributed by atoms with E-state index in [0.717, 1.165) is 0 Å². The van der Waals surface area contributed by atoms with Gasteiger partial charge in [0, 0.05) is 0 Å². The summed E-state index contributed by atoms with van der Waals surface area (Å²) in [5.41, 5.74) is -1.27. The summed E-state index contributed by atoms with van der Waals surface area (Å²) in [6, 6.07) is 0. The van der Waals surface area contributed by atoms with Gasteiger partial charge in [0.05, 0.1) is 0 Å². The maximum atomic E-state index is 10.8. The Morgan fingerprint density at radius 3 is 3.00 bits per heavy atom. The molecule has 0 spiro atoms. The van der Waals surface area contributed by atoms with E-state index in [9.17, 15) is 8.42 Å². The van der Waals surface area contributed by atoms with Crippen LogP contribution in [0.4, 0.5) is 0 Å². The Kier molecular flexibility index (Phi) is 2.34. The second-order valence-corrected chi connectivity index (χ2v) is 4.67. The third-order valence-corrected chi connectivity index (χ3v) is 3.01. The van der Waals surface area contributed by atoms with Crippen LogP contribution in [-0.4, -0.2) is 31.1 Å². The quantitative estimate of drug-likeness (QED) is 0.647. The SMILES string of the molecule is O=S(=O)(O)C1COC2=CC=CCC2O1. The van der Waals surface area contributed by atoms with Crippen LogP contribution >= 0.6 is 0 Å². The average molecular weight is 218 g/mol. The average Bonchev–Trinajstić information content (AvgIpc) is 2.16. The Morgan fingerprint density at radius 2 is 2.29 bits per heavy atom. The van der Waals surface area contributed by atoms with E-state index in [1.807, 2.05) is 12.2 Å². The van der Waals surface area contributed by atoms with Gasteiger partial charge in [-0.05, 0) is 12.5 Å². The highest BCUT2D eigenvalue weighted by molar-refractivity contribution is 7.86. The molecule has 1 saturated heterocycles. The van der Waals surface area contributed by atoms with Gasteiger partial charge >= 0.3 is 0 Å². The first kappa shape index (κ1) is 9.70. The van der Waals surface area contributed by atoms with Crippen molar-refractivity contribution in [3.05, 3.63) is 24.0 Å². The summed E-state index contributed by atoms with van der Waals surface area (Å²) < 4.78 is 40.6. The minimum absolute atomic E-state index is 0.158. The van der Waals surface area contributed by atoms with E-state index < -0.39 is 15.6 Å². The molecule has 1 N–H and O–H groups in total. The van der Waals surface area contributed by atoms with Gasteiger partial charge in [-0.25, -0.2) is 0 Å². The highest BCUT2D eigenvalue weighted by Crippen LogP contribution is 2.25. The largest absolute Gasteiger partial charge is 0.491 e. The second kappa shape index (κ2) is 3.38. The minimum Gasteiger partial charge on any atom is -0.491 e. The molecule has 5 nitrogen and oxygen atoms in total. The summed E-state index contributed by atoms with van der Waals surface area (Å²) in [5, 5.41) is 0. The molecule has 0 amide bonds. The number of ether oxygens (including phenoxy) is 2. The maximum Gasteiger partial charge on any atom is 0.295 e. The Hall–Kier alpha value is -0.850. The smallest absolute Gasteiger partial charge is 0.295 e. The van der Waals surface area contributed by atoms with Crippen LogP contribution in [-0.2, 0) is 19.6 Å². The van der Waals surface area contributed by atoms with Gasteiger partial charge in [-0.3, -0.25) is 4.55 Å². The molecule has 0 aromatic heterocycles. The van der Waals surface area contributed by atoms with Gasteiger partial charge in [-0.2, -0.15) is 8.42 Å². The predicted molar refractivity (Wildman–Crippen MR) is 48.0 cm³/mol. The third-order valence-electron chi connectivity index (χ3n) is 2.10. The molecular weight excluding hydrogens is 208 g/mol. The van der Waals surface area contributed by atoms with Crippen molar-refractivity contribution in [1.29, 1.82) is 0 Å². The first-order valence-electron chi connectivity index (χ1n) is 4.18. The molecule has 2 unspecified atom stereocenters. The first-order chi connectivity index (χ1) is 6.57. The zero-order valence-electron chi connectivity index (χ0n) is 7.29. The number of hydrogen-bond acceptors (Lipinski definition) is 4. The number of fused-ring (bicyclic) bond motifs is 1. The molecule has 1 aliphatic carbocycles. The lowest BCUT2D eigenvalue weighted by molar-refractivity contribution is -0.0652. The molecule has 1 fully saturated rings. The van der Waals surface area contributed by atoms with Gasteiger partial charge in [0.25, 0.3) is 10.1 Å². The van der Waals surface area contributed by atoms with Crippen LogP contribution in [0.1, 0.15) is 6.42 Å². The first-order valence-corrected chi connectivity index (χ1v) is 5.69. The zero-order chi connectivity index (χ0) is 10.2. The van der Waals surface area contributed by atoms with E-state index >= 15 is 0 Å². The Bertz CT molecular complexity index is 381. The lowest BCUT2D eigenvalue weighted by Gasteiger charge is -2.31. The molecule has 0 aromatic carbocycles. The number of allylic oxidation sites excluding steroid dienone is 2. The predicted octanol–water partition coefficient (Wildman–Crippen LogP) is 0.460. The van der Waals surface area contributed by atoms with Crippen molar-refractivity contribution in [2.24, 2.45) is 0 Å². The lowest BCUT2D eigenvalue weighted by Crippen LogP contribution is -2.39. The lowest BCUT2D eigenvalue weighted by atomic mass is 10.1. The summed E-state index contributed by atoms with van der Waals surface area (Å²) in [5.74, 6) is 0.618. The summed E-state index contributed by atoms with van der Waals surface area (Å²) >= 11 is 0. The van der Waals surface area contributed by atoms with E-state index in [4.69, 9.17) is 14.0 Å². The van der Waals surface area contributed by atoms with Crippen LogP contribution in [0.15, 0.2) is 24.0 Å². The topological polar surface area (TPSA) is 72.8 Å². The molecule has 2 atom stereocenters. The maximum absolute atomic E-state index is 10.8. The van der Waals surface area contributed by atoms with Gasteiger partial charge in [-0.1, -0.05) is 12.2 Å². The van der Waals surface area contributed by atoms with Gasteiger partial charge in [0.1, 0.15) is 18.5 Å². The standard InChI is InChI=1S/C8H10O5S/c9-14(10,11)8-5-12-6-3-1-2-4-7(6)13-8/h1-3,7-8H,4-5H2,(H,9,10,11). The van der Waals surface area contributed by atoms with Gasteiger partial charge in [0.2, 0.25) is 5.44 Å². The molecule has 14 heavy (non-hydrogen) atoms. The Balaban J connectivity index is 2.13. The van der Waals surface area contributed by atoms with Crippen LogP contribution in [0.25, 0.3) is 0 Å².